The van der Waals surface area contributed by atoms with Crippen molar-refractivity contribution >= 4 is 17.0 Å². The largest absolute Gasteiger partial charge is 0.338 e. The lowest BCUT2D eigenvalue weighted by Gasteiger charge is -2.33. The molecule has 0 bridgehead atoms. The molecule has 5 rings (SSSR count). The van der Waals surface area contributed by atoms with Crippen LogP contribution >= 0.6 is 0 Å². The molecule has 2 aliphatic rings. The number of terminal acetylenes is 1. The number of nitrogens with one attached hydrogen (secondary N) is 1. The Morgan fingerprint density at radius 1 is 1.09 bits per heavy atom. The minimum atomic E-state index is -0.391. The zero-order valence-corrected chi connectivity index (χ0v) is 18.5. The zero-order chi connectivity index (χ0) is 22.0. The maximum atomic E-state index is 13.6. The molecule has 5 heteroatoms. The number of hydrogen-bond acceptors (Lipinski definition) is 4. The van der Waals surface area contributed by atoms with Crippen molar-refractivity contribution in [3.05, 3.63) is 64.1 Å². The van der Waals surface area contributed by atoms with Gasteiger partial charge in [0.05, 0.1) is 0 Å². The summed E-state index contributed by atoms with van der Waals surface area (Å²) in [5.41, 5.74) is 2.33. The first kappa shape index (κ1) is 20.8. The van der Waals surface area contributed by atoms with E-state index in [9.17, 15) is 4.79 Å². The summed E-state index contributed by atoms with van der Waals surface area (Å²) in [6.07, 6.45) is 18.0. The smallest absolute Gasteiger partial charge is 0.256 e. The van der Waals surface area contributed by atoms with Crippen molar-refractivity contribution in [2.75, 3.05) is 5.32 Å². The van der Waals surface area contributed by atoms with Gasteiger partial charge in [0.15, 0.2) is 0 Å². The molecule has 3 aromatic rings. The van der Waals surface area contributed by atoms with E-state index in [1.807, 2.05) is 35.0 Å². The van der Waals surface area contributed by atoms with E-state index in [0.29, 0.717) is 12.4 Å². The van der Waals surface area contributed by atoms with E-state index in [0.717, 1.165) is 73.5 Å². The van der Waals surface area contributed by atoms with Gasteiger partial charge in [0.1, 0.15) is 11.2 Å². The molecule has 164 valence electrons. The first-order valence-corrected chi connectivity index (χ1v) is 11.9. The van der Waals surface area contributed by atoms with E-state index in [-0.39, 0.29) is 11.6 Å². The van der Waals surface area contributed by atoms with Crippen LogP contribution in [-0.2, 0) is 6.42 Å². The number of rotatable bonds is 5. The maximum absolute atomic E-state index is 13.6. The van der Waals surface area contributed by atoms with Gasteiger partial charge in [0, 0.05) is 29.6 Å². The number of nitrogens with zero attached hydrogens (tertiary/aromatic N) is 3. The fourth-order valence-corrected chi connectivity index (χ4v) is 5.36. The van der Waals surface area contributed by atoms with Gasteiger partial charge in [-0.15, -0.1) is 6.42 Å². The summed E-state index contributed by atoms with van der Waals surface area (Å²) in [7, 11) is 0. The second-order valence-electron chi connectivity index (χ2n) is 9.33. The van der Waals surface area contributed by atoms with Crippen LogP contribution in [0.25, 0.3) is 11.0 Å². The van der Waals surface area contributed by atoms with E-state index in [1.54, 1.807) is 0 Å². The fourth-order valence-electron chi connectivity index (χ4n) is 5.36. The van der Waals surface area contributed by atoms with Crippen LogP contribution in [0.3, 0.4) is 0 Å². The van der Waals surface area contributed by atoms with Crippen molar-refractivity contribution in [1.29, 1.82) is 0 Å². The monoisotopic (exact) mass is 426 g/mol. The van der Waals surface area contributed by atoms with Crippen molar-refractivity contribution in [3.8, 4) is 12.3 Å². The highest BCUT2D eigenvalue weighted by Gasteiger charge is 2.31. The molecule has 5 nitrogen and oxygen atoms in total. The molecule has 1 N–H and O–H groups in total. The Balaban J connectivity index is 1.58. The van der Waals surface area contributed by atoms with E-state index >= 15 is 0 Å². The lowest BCUT2D eigenvalue weighted by molar-refractivity contribution is 0.394. The number of aromatic nitrogens is 3. The van der Waals surface area contributed by atoms with Crippen molar-refractivity contribution in [3.63, 3.8) is 0 Å². The third-order valence-electron chi connectivity index (χ3n) is 7.11. The van der Waals surface area contributed by atoms with Gasteiger partial charge >= 0.3 is 0 Å². The maximum Gasteiger partial charge on any atom is 0.256 e. The zero-order valence-electron chi connectivity index (χ0n) is 18.5. The van der Waals surface area contributed by atoms with Gasteiger partial charge in [-0.3, -0.25) is 9.36 Å². The summed E-state index contributed by atoms with van der Waals surface area (Å²) in [6, 6.07) is 12.3. The van der Waals surface area contributed by atoms with Crippen LogP contribution in [0.15, 0.2) is 47.4 Å². The first-order valence-electron chi connectivity index (χ1n) is 11.9. The van der Waals surface area contributed by atoms with Crippen LogP contribution in [0.4, 0.5) is 5.95 Å². The van der Waals surface area contributed by atoms with E-state index in [4.69, 9.17) is 11.4 Å². The lowest BCUT2D eigenvalue weighted by Crippen LogP contribution is -2.39. The van der Waals surface area contributed by atoms with Crippen molar-refractivity contribution in [1.82, 2.24) is 14.5 Å². The van der Waals surface area contributed by atoms with Gasteiger partial charge in [-0.2, -0.15) is 4.98 Å². The topological polar surface area (TPSA) is 59.8 Å². The summed E-state index contributed by atoms with van der Waals surface area (Å²) >= 11 is 0. The second-order valence-corrected chi connectivity index (χ2v) is 9.33. The average molecular weight is 427 g/mol. The number of hydrogen-bond donors (Lipinski definition) is 1. The van der Waals surface area contributed by atoms with E-state index in [2.05, 4.69) is 28.4 Å². The molecule has 2 aliphatic carbocycles. The third-order valence-corrected chi connectivity index (χ3v) is 7.11. The molecule has 0 unspecified atom stereocenters. The summed E-state index contributed by atoms with van der Waals surface area (Å²) < 4.78 is 1.94. The molecule has 0 aliphatic heterocycles. The highest BCUT2D eigenvalue weighted by atomic mass is 16.1. The van der Waals surface area contributed by atoms with Gasteiger partial charge in [-0.1, -0.05) is 68.4 Å². The predicted octanol–water partition coefficient (Wildman–Crippen LogP) is 5.25. The van der Waals surface area contributed by atoms with Crippen LogP contribution in [0.1, 0.15) is 75.0 Å². The Morgan fingerprint density at radius 3 is 2.56 bits per heavy atom. The highest BCUT2D eigenvalue weighted by Crippen LogP contribution is 2.33. The van der Waals surface area contributed by atoms with E-state index in [1.165, 1.54) is 6.42 Å². The average Bonchev–Trinajstić information content (AvgIpc) is 3.35. The molecule has 2 saturated carbocycles. The van der Waals surface area contributed by atoms with Gasteiger partial charge in [0.2, 0.25) is 5.95 Å². The third kappa shape index (κ3) is 4.02. The molecule has 0 radical (unpaired) electrons. The number of anilines is 1. The number of pyridine rings is 1. The number of benzene rings is 1. The minimum absolute atomic E-state index is 0.0715. The summed E-state index contributed by atoms with van der Waals surface area (Å²) in [5.74, 6) is 3.50. The Kier molecular flexibility index (Phi) is 5.70. The summed E-state index contributed by atoms with van der Waals surface area (Å²) in [6.45, 7) is 0. The normalized spacial score (nSPS) is 18.5. The van der Waals surface area contributed by atoms with Gasteiger partial charge in [-0.05, 0) is 37.3 Å². The van der Waals surface area contributed by atoms with E-state index < -0.39 is 5.54 Å². The van der Waals surface area contributed by atoms with Crippen LogP contribution < -0.4 is 10.9 Å². The molecule has 2 heterocycles. The quantitative estimate of drug-likeness (QED) is 0.567. The molecule has 0 spiro atoms. The van der Waals surface area contributed by atoms with Crippen molar-refractivity contribution in [2.24, 2.45) is 0 Å². The molecular formula is C27H30N4O. The van der Waals surface area contributed by atoms with Crippen LogP contribution in [0.5, 0.6) is 0 Å². The standard InChI is InChI=1S/C27H30N4O/c1-2-27(15-9-4-10-16-27)30-26-28-19-22-18-21(17-20-11-5-3-6-12-20)25(32)31(24(22)29-26)23-13-7-8-14-23/h1,3,5-6,11-12,18-19,23H,4,7-10,13-17H2,(H,28,29,30). The molecular weight excluding hydrogens is 396 g/mol. The minimum Gasteiger partial charge on any atom is -0.338 e. The molecule has 1 aromatic carbocycles. The van der Waals surface area contributed by atoms with Crippen LogP contribution in [-0.4, -0.2) is 20.1 Å². The Hall–Kier alpha value is -3.13. The van der Waals surface area contributed by atoms with Crippen molar-refractivity contribution in [2.45, 2.75) is 75.8 Å². The first-order chi connectivity index (χ1) is 15.7. The van der Waals surface area contributed by atoms with Gasteiger partial charge < -0.3 is 5.32 Å². The molecule has 2 aromatic heterocycles. The lowest BCUT2D eigenvalue weighted by atomic mass is 9.82. The Bertz CT molecular complexity index is 1200. The van der Waals surface area contributed by atoms with Gasteiger partial charge in [-0.25, -0.2) is 4.98 Å². The molecule has 0 atom stereocenters. The second kappa shape index (κ2) is 8.78. The van der Waals surface area contributed by atoms with Crippen molar-refractivity contribution < 1.29 is 0 Å². The highest BCUT2D eigenvalue weighted by molar-refractivity contribution is 5.76. The Labute approximate surface area is 189 Å². The fraction of sp³-hybridized carbons (Fsp3) is 0.444. The van der Waals surface area contributed by atoms with Gasteiger partial charge in [0.25, 0.3) is 5.56 Å². The molecule has 0 amide bonds. The Morgan fingerprint density at radius 2 is 1.84 bits per heavy atom. The van der Waals surface area contributed by atoms with Crippen LogP contribution in [0, 0.1) is 12.3 Å². The molecule has 32 heavy (non-hydrogen) atoms. The van der Waals surface area contributed by atoms with Crippen LogP contribution in [0.2, 0.25) is 0 Å². The summed E-state index contributed by atoms with van der Waals surface area (Å²) in [5, 5.41) is 4.36. The summed E-state index contributed by atoms with van der Waals surface area (Å²) in [4.78, 5) is 23.1. The predicted molar refractivity (Wildman–Crippen MR) is 129 cm³/mol. The number of fused-ring (bicyclic) bond motifs is 1. The molecule has 0 saturated heterocycles. The molecule has 2 fully saturated rings. The SMILES string of the molecule is C#CC1(Nc2ncc3cc(Cc4ccccc4)c(=O)n(C4CCCC4)c3n2)CCCCC1.